The van der Waals surface area contributed by atoms with Crippen LogP contribution < -0.4 is 10.6 Å². The molecule has 170 valence electrons. The number of hydrogen-bond donors (Lipinski definition) is 2. The van der Waals surface area contributed by atoms with Gasteiger partial charge in [-0.2, -0.15) is 18.2 Å². The Morgan fingerprint density at radius 1 is 1.12 bits per heavy atom. The van der Waals surface area contributed by atoms with Gasteiger partial charge in [-0.05, 0) is 50.5 Å². The lowest BCUT2D eigenvalue weighted by Crippen LogP contribution is -2.25. The summed E-state index contributed by atoms with van der Waals surface area (Å²) in [7, 11) is 0. The van der Waals surface area contributed by atoms with E-state index in [0.29, 0.717) is 29.1 Å². The number of nitrogens with one attached hydrogen (secondary N) is 2. The summed E-state index contributed by atoms with van der Waals surface area (Å²) in [5.74, 6) is -1.80. The highest BCUT2D eigenvalue weighted by atomic mass is 19.4. The summed E-state index contributed by atoms with van der Waals surface area (Å²) >= 11 is 0. The van der Waals surface area contributed by atoms with E-state index >= 15 is 0 Å². The number of hydrogen-bond acceptors (Lipinski definition) is 5. The number of halogens is 3. The highest BCUT2D eigenvalue weighted by molar-refractivity contribution is 5.94. The summed E-state index contributed by atoms with van der Waals surface area (Å²) in [6.07, 6.45) is -4.26. The van der Waals surface area contributed by atoms with Crippen molar-refractivity contribution in [3.63, 3.8) is 0 Å². The van der Waals surface area contributed by atoms with Crippen molar-refractivity contribution in [3.05, 3.63) is 58.2 Å². The minimum atomic E-state index is -4.66. The lowest BCUT2D eigenvalue weighted by Gasteiger charge is -2.11. The van der Waals surface area contributed by atoms with Crippen LogP contribution >= 0.6 is 0 Å². The van der Waals surface area contributed by atoms with Crippen molar-refractivity contribution in [2.45, 2.75) is 46.3 Å². The van der Waals surface area contributed by atoms with Crippen LogP contribution in [-0.2, 0) is 23.9 Å². The first-order valence-electron chi connectivity index (χ1n) is 10.0. The Kier molecular flexibility index (Phi) is 6.75. The second-order valence-electron chi connectivity index (χ2n) is 7.24. The Hall–Kier alpha value is -3.50. The van der Waals surface area contributed by atoms with Gasteiger partial charge < -0.3 is 10.6 Å². The van der Waals surface area contributed by atoms with Gasteiger partial charge >= 0.3 is 6.18 Å². The van der Waals surface area contributed by atoms with Gasteiger partial charge in [-0.15, -0.1) is 5.10 Å². The van der Waals surface area contributed by atoms with E-state index in [1.165, 1.54) is 0 Å². The maximum absolute atomic E-state index is 12.9. The fourth-order valence-corrected chi connectivity index (χ4v) is 3.30. The fraction of sp³-hybridized carbons (Fsp3) is 0.381. The summed E-state index contributed by atoms with van der Waals surface area (Å²) in [6, 6.07) is 6.95. The van der Waals surface area contributed by atoms with Crippen molar-refractivity contribution in [2.24, 2.45) is 0 Å². The van der Waals surface area contributed by atoms with Gasteiger partial charge in [0.2, 0.25) is 5.91 Å². The lowest BCUT2D eigenvalue weighted by molar-refractivity contribution is -0.144. The highest BCUT2D eigenvalue weighted by Crippen LogP contribution is 2.27. The van der Waals surface area contributed by atoms with Gasteiger partial charge in [-0.25, -0.2) is 9.50 Å². The van der Waals surface area contributed by atoms with E-state index in [9.17, 15) is 22.8 Å². The third kappa shape index (κ3) is 5.21. The molecule has 11 heteroatoms. The molecule has 0 fully saturated rings. The van der Waals surface area contributed by atoms with E-state index in [2.05, 4.69) is 25.7 Å². The molecule has 0 aliphatic heterocycles. The van der Waals surface area contributed by atoms with Gasteiger partial charge in [0.05, 0.1) is 0 Å². The first-order chi connectivity index (χ1) is 15.1. The van der Waals surface area contributed by atoms with Gasteiger partial charge in [-0.1, -0.05) is 12.1 Å². The van der Waals surface area contributed by atoms with Crippen LogP contribution in [0.25, 0.3) is 5.78 Å². The van der Waals surface area contributed by atoms with Crippen LogP contribution in [0.5, 0.6) is 0 Å². The summed E-state index contributed by atoms with van der Waals surface area (Å²) < 4.78 is 39.8. The Balaban J connectivity index is 1.65. The predicted octanol–water partition coefficient (Wildman–Crippen LogP) is 2.76. The van der Waals surface area contributed by atoms with E-state index in [4.69, 9.17) is 0 Å². The van der Waals surface area contributed by atoms with E-state index in [-0.39, 0.29) is 37.0 Å². The van der Waals surface area contributed by atoms with E-state index in [0.717, 1.165) is 10.1 Å². The molecule has 3 rings (SSSR count). The number of rotatable bonds is 7. The molecule has 2 amide bonds. The Bertz CT molecular complexity index is 1160. The zero-order valence-electron chi connectivity index (χ0n) is 17.9. The standard InChI is InChI=1S/C21H23F3N6O2/c1-4-25-18(32)15-7-5-6-14(10-15)11-26-17(31)9-8-16-12(2)27-20-28-19(21(22,23)24)29-30(20)13(16)3/h5-7,10H,4,8-9,11H2,1-3H3,(H,25,32)(H,26,31). The van der Waals surface area contributed by atoms with Crippen molar-refractivity contribution in [3.8, 4) is 0 Å². The number of carbonyl (C=O) groups excluding carboxylic acids is 2. The first-order valence-corrected chi connectivity index (χ1v) is 10.0. The molecule has 0 atom stereocenters. The lowest BCUT2D eigenvalue weighted by atomic mass is 10.1. The molecular formula is C21H23F3N6O2. The monoisotopic (exact) mass is 448 g/mol. The third-order valence-corrected chi connectivity index (χ3v) is 4.92. The minimum Gasteiger partial charge on any atom is -0.352 e. The first kappa shape index (κ1) is 23.2. The number of alkyl halides is 3. The molecule has 0 saturated heterocycles. The van der Waals surface area contributed by atoms with E-state index < -0.39 is 12.0 Å². The van der Waals surface area contributed by atoms with Gasteiger partial charge in [0.15, 0.2) is 0 Å². The molecule has 0 aliphatic carbocycles. The maximum Gasteiger partial charge on any atom is 0.453 e. The summed E-state index contributed by atoms with van der Waals surface area (Å²) in [5, 5.41) is 9.02. The van der Waals surface area contributed by atoms with Crippen molar-refractivity contribution < 1.29 is 22.8 Å². The quantitative estimate of drug-likeness (QED) is 0.579. The van der Waals surface area contributed by atoms with Crippen LogP contribution in [-0.4, -0.2) is 37.9 Å². The fourth-order valence-electron chi connectivity index (χ4n) is 3.30. The number of benzene rings is 1. The molecule has 2 N–H and O–H groups in total. The average Bonchev–Trinajstić information content (AvgIpc) is 3.17. The van der Waals surface area contributed by atoms with Crippen LogP contribution in [0.15, 0.2) is 24.3 Å². The molecule has 0 unspecified atom stereocenters. The minimum absolute atomic E-state index is 0.117. The van der Waals surface area contributed by atoms with Gasteiger partial charge in [0, 0.05) is 36.5 Å². The molecule has 32 heavy (non-hydrogen) atoms. The van der Waals surface area contributed by atoms with Crippen LogP contribution in [0.1, 0.15) is 52.0 Å². The molecule has 1 aromatic carbocycles. The summed E-state index contributed by atoms with van der Waals surface area (Å²) in [4.78, 5) is 31.8. The molecule has 0 radical (unpaired) electrons. The SMILES string of the molecule is CCNC(=O)c1cccc(CNC(=O)CCc2c(C)nc3nc(C(F)(F)F)nn3c2C)c1. The molecular weight excluding hydrogens is 425 g/mol. The number of carbonyl (C=O) groups is 2. The molecule has 0 saturated carbocycles. The zero-order chi connectivity index (χ0) is 23.5. The van der Waals surface area contributed by atoms with Gasteiger partial charge in [0.25, 0.3) is 17.5 Å². The van der Waals surface area contributed by atoms with E-state index in [1.807, 2.05) is 6.92 Å². The molecule has 0 spiro atoms. The van der Waals surface area contributed by atoms with Gasteiger partial charge in [-0.3, -0.25) is 9.59 Å². The number of amides is 2. The highest BCUT2D eigenvalue weighted by Gasteiger charge is 2.36. The smallest absolute Gasteiger partial charge is 0.352 e. The largest absolute Gasteiger partial charge is 0.453 e. The number of aryl methyl sites for hydroxylation is 2. The molecule has 8 nitrogen and oxygen atoms in total. The van der Waals surface area contributed by atoms with E-state index in [1.54, 1.807) is 38.1 Å². The Labute approximate surface area is 182 Å². The Morgan fingerprint density at radius 2 is 1.88 bits per heavy atom. The molecule has 2 heterocycles. The van der Waals surface area contributed by atoms with Crippen LogP contribution in [0, 0.1) is 13.8 Å². The molecule has 2 aromatic heterocycles. The van der Waals surface area contributed by atoms with Crippen molar-refractivity contribution in [2.75, 3.05) is 6.54 Å². The van der Waals surface area contributed by atoms with Crippen LogP contribution in [0.3, 0.4) is 0 Å². The second kappa shape index (κ2) is 9.33. The maximum atomic E-state index is 12.9. The average molecular weight is 448 g/mol. The van der Waals surface area contributed by atoms with Crippen LogP contribution in [0.2, 0.25) is 0 Å². The predicted molar refractivity (Wildman–Crippen MR) is 110 cm³/mol. The molecule has 3 aromatic rings. The molecule has 0 aliphatic rings. The van der Waals surface area contributed by atoms with Crippen molar-refractivity contribution in [1.29, 1.82) is 0 Å². The third-order valence-electron chi connectivity index (χ3n) is 4.92. The topological polar surface area (TPSA) is 101 Å². The second-order valence-corrected chi connectivity index (χ2v) is 7.24. The van der Waals surface area contributed by atoms with Crippen molar-refractivity contribution in [1.82, 2.24) is 30.2 Å². The van der Waals surface area contributed by atoms with Crippen LogP contribution in [0.4, 0.5) is 13.2 Å². The zero-order valence-corrected chi connectivity index (χ0v) is 17.9. The summed E-state index contributed by atoms with van der Waals surface area (Å²) in [6.45, 7) is 5.88. The normalized spacial score (nSPS) is 11.6. The number of aromatic nitrogens is 4. The molecule has 0 bridgehead atoms. The van der Waals surface area contributed by atoms with Crippen molar-refractivity contribution >= 4 is 17.6 Å². The summed E-state index contributed by atoms with van der Waals surface area (Å²) in [5.41, 5.74) is 2.89. The number of nitrogens with zero attached hydrogens (tertiary/aromatic N) is 4. The Morgan fingerprint density at radius 3 is 2.56 bits per heavy atom. The number of fused-ring (bicyclic) bond motifs is 1. The van der Waals surface area contributed by atoms with Gasteiger partial charge in [0.1, 0.15) is 0 Å².